The number of aromatic nitrogens is 2. The monoisotopic (exact) mass is 411 g/mol. The zero-order valence-corrected chi connectivity index (χ0v) is 17.7. The van der Waals surface area contributed by atoms with Gasteiger partial charge in [0, 0.05) is 31.8 Å². The second-order valence-corrected chi connectivity index (χ2v) is 7.21. The molecule has 0 unspecified atom stereocenters. The van der Waals surface area contributed by atoms with E-state index < -0.39 is 0 Å². The molecule has 3 aromatic carbocycles. The Morgan fingerprint density at radius 1 is 0.806 bits per heavy atom. The highest BCUT2D eigenvalue weighted by atomic mass is 16.7. The van der Waals surface area contributed by atoms with Gasteiger partial charge >= 0.3 is 0 Å². The number of anilines is 1. The Kier molecular flexibility index (Phi) is 6.55. The number of rotatable bonds is 8. The lowest BCUT2D eigenvalue weighted by atomic mass is 10.0. The first-order chi connectivity index (χ1) is 15.2. The molecule has 0 atom stereocenters. The van der Waals surface area contributed by atoms with Crippen LogP contribution in [0.5, 0.6) is 5.75 Å². The molecule has 156 valence electrons. The molecule has 0 N–H and O–H groups in total. The average Bonchev–Trinajstić information content (AvgIpc) is 2.83. The average molecular weight is 412 g/mol. The van der Waals surface area contributed by atoms with Gasteiger partial charge in [0.25, 0.3) is 0 Å². The third kappa shape index (κ3) is 5.08. The summed E-state index contributed by atoms with van der Waals surface area (Å²) >= 11 is 0. The summed E-state index contributed by atoms with van der Waals surface area (Å²) in [5.41, 5.74) is 4.95. The molecule has 0 radical (unpaired) electrons. The fourth-order valence-corrected chi connectivity index (χ4v) is 3.38. The number of ether oxygens (including phenoxy) is 2. The van der Waals surface area contributed by atoms with Gasteiger partial charge in [-0.15, -0.1) is 0 Å². The minimum atomic E-state index is 0.228. The molecule has 1 aromatic heterocycles. The standard InChI is InChI=1S/C26H25N3O2/c1-29(18-20-10-9-15-23(16-20)31-19-30-2)24-17-27-25(21-11-5-3-6-12-21)26(28-24)22-13-7-4-8-14-22/h3-17H,18-19H2,1-2H3. The molecular weight excluding hydrogens is 386 g/mol. The topological polar surface area (TPSA) is 47.5 Å². The van der Waals surface area contributed by atoms with E-state index in [2.05, 4.69) is 35.2 Å². The molecule has 31 heavy (non-hydrogen) atoms. The van der Waals surface area contributed by atoms with E-state index in [9.17, 15) is 0 Å². The molecule has 0 aliphatic rings. The number of hydrogen-bond acceptors (Lipinski definition) is 5. The molecule has 0 saturated heterocycles. The third-order valence-corrected chi connectivity index (χ3v) is 4.91. The van der Waals surface area contributed by atoms with Crippen LogP contribution in [0.25, 0.3) is 22.5 Å². The van der Waals surface area contributed by atoms with E-state index in [-0.39, 0.29) is 6.79 Å². The Morgan fingerprint density at radius 3 is 2.16 bits per heavy atom. The molecule has 0 saturated carbocycles. The lowest BCUT2D eigenvalue weighted by molar-refractivity contribution is 0.0511. The van der Waals surface area contributed by atoms with Gasteiger partial charge in [0.05, 0.1) is 17.6 Å². The summed E-state index contributed by atoms with van der Waals surface area (Å²) in [6, 6.07) is 28.3. The lowest BCUT2D eigenvalue weighted by Crippen LogP contribution is -2.18. The molecule has 1 heterocycles. The highest BCUT2D eigenvalue weighted by molar-refractivity contribution is 5.78. The first kappa shape index (κ1) is 20.6. The minimum Gasteiger partial charge on any atom is -0.468 e. The zero-order valence-electron chi connectivity index (χ0n) is 17.7. The van der Waals surface area contributed by atoms with Crippen molar-refractivity contribution >= 4 is 5.82 Å². The summed E-state index contributed by atoms with van der Waals surface area (Å²) in [6.07, 6.45) is 1.83. The Balaban J connectivity index is 1.65. The van der Waals surface area contributed by atoms with Crippen molar-refractivity contribution in [3.8, 4) is 28.3 Å². The molecular formula is C26H25N3O2. The molecule has 0 amide bonds. The van der Waals surface area contributed by atoms with E-state index in [1.54, 1.807) is 7.11 Å². The second-order valence-electron chi connectivity index (χ2n) is 7.21. The van der Waals surface area contributed by atoms with Gasteiger partial charge in [0.1, 0.15) is 11.6 Å². The van der Waals surface area contributed by atoms with E-state index in [0.717, 1.165) is 39.6 Å². The summed E-state index contributed by atoms with van der Waals surface area (Å²) in [4.78, 5) is 11.9. The van der Waals surface area contributed by atoms with E-state index in [1.165, 1.54) is 0 Å². The molecule has 4 aromatic rings. The van der Waals surface area contributed by atoms with Crippen LogP contribution in [0.15, 0.2) is 91.1 Å². The molecule has 0 spiro atoms. The van der Waals surface area contributed by atoms with Crippen LogP contribution in [0, 0.1) is 0 Å². The van der Waals surface area contributed by atoms with Gasteiger partial charge < -0.3 is 14.4 Å². The van der Waals surface area contributed by atoms with Crippen molar-refractivity contribution in [2.75, 3.05) is 25.9 Å². The summed E-state index contributed by atoms with van der Waals surface area (Å²) in [5, 5.41) is 0. The van der Waals surface area contributed by atoms with Crippen LogP contribution in [0.3, 0.4) is 0 Å². The SMILES string of the molecule is COCOc1cccc(CN(C)c2cnc(-c3ccccc3)c(-c3ccccc3)n2)c1. The number of benzene rings is 3. The Morgan fingerprint density at radius 2 is 1.48 bits per heavy atom. The molecule has 5 nitrogen and oxygen atoms in total. The summed E-state index contributed by atoms with van der Waals surface area (Å²) in [5.74, 6) is 1.59. The van der Waals surface area contributed by atoms with E-state index in [1.807, 2.05) is 67.8 Å². The first-order valence-electron chi connectivity index (χ1n) is 10.1. The maximum atomic E-state index is 5.56. The van der Waals surface area contributed by atoms with Crippen molar-refractivity contribution in [3.05, 3.63) is 96.7 Å². The largest absolute Gasteiger partial charge is 0.468 e. The van der Waals surface area contributed by atoms with Gasteiger partial charge in [-0.2, -0.15) is 0 Å². The maximum absolute atomic E-state index is 5.56. The Hall–Kier alpha value is -3.70. The highest BCUT2D eigenvalue weighted by Crippen LogP contribution is 2.30. The molecule has 0 aliphatic carbocycles. The lowest BCUT2D eigenvalue weighted by Gasteiger charge is -2.20. The highest BCUT2D eigenvalue weighted by Gasteiger charge is 2.14. The molecule has 0 aliphatic heterocycles. The summed E-state index contributed by atoms with van der Waals surface area (Å²) in [7, 11) is 3.63. The van der Waals surface area contributed by atoms with Gasteiger partial charge in [-0.3, -0.25) is 4.98 Å². The summed E-state index contributed by atoms with van der Waals surface area (Å²) in [6.45, 7) is 0.907. The Labute approximate surface area is 182 Å². The van der Waals surface area contributed by atoms with Gasteiger partial charge in [-0.1, -0.05) is 72.8 Å². The van der Waals surface area contributed by atoms with Crippen molar-refractivity contribution < 1.29 is 9.47 Å². The van der Waals surface area contributed by atoms with Crippen LogP contribution in [-0.2, 0) is 11.3 Å². The number of hydrogen-bond donors (Lipinski definition) is 0. The normalized spacial score (nSPS) is 10.6. The summed E-state index contributed by atoms with van der Waals surface area (Å²) < 4.78 is 10.5. The van der Waals surface area contributed by atoms with Gasteiger partial charge in [-0.25, -0.2) is 4.98 Å². The zero-order chi connectivity index (χ0) is 21.5. The van der Waals surface area contributed by atoms with Crippen LogP contribution in [-0.4, -0.2) is 30.9 Å². The van der Waals surface area contributed by atoms with Crippen molar-refractivity contribution in [3.63, 3.8) is 0 Å². The predicted octanol–water partition coefficient (Wildman–Crippen LogP) is 5.43. The fourth-order valence-electron chi connectivity index (χ4n) is 3.38. The predicted molar refractivity (Wildman–Crippen MR) is 124 cm³/mol. The maximum Gasteiger partial charge on any atom is 0.188 e. The third-order valence-electron chi connectivity index (χ3n) is 4.91. The smallest absolute Gasteiger partial charge is 0.188 e. The van der Waals surface area contributed by atoms with Crippen LogP contribution in [0.1, 0.15) is 5.56 Å². The molecule has 0 fully saturated rings. The van der Waals surface area contributed by atoms with Gasteiger partial charge in [0.15, 0.2) is 6.79 Å². The fraction of sp³-hybridized carbons (Fsp3) is 0.154. The van der Waals surface area contributed by atoms with E-state index in [0.29, 0.717) is 6.54 Å². The van der Waals surface area contributed by atoms with Gasteiger partial charge in [-0.05, 0) is 17.7 Å². The first-order valence-corrected chi connectivity index (χ1v) is 10.1. The number of methoxy groups -OCH3 is 1. The van der Waals surface area contributed by atoms with Crippen LogP contribution in [0.2, 0.25) is 0 Å². The van der Waals surface area contributed by atoms with Crippen molar-refractivity contribution in [2.45, 2.75) is 6.54 Å². The van der Waals surface area contributed by atoms with Crippen LogP contribution < -0.4 is 9.64 Å². The number of nitrogens with zero attached hydrogens (tertiary/aromatic N) is 3. The van der Waals surface area contributed by atoms with Gasteiger partial charge in [0.2, 0.25) is 0 Å². The quantitative estimate of drug-likeness (QED) is 0.362. The van der Waals surface area contributed by atoms with Crippen LogP contribution >= 0.6 is 0 Å². The van der Waals surface area contributed by atoms with Crippen molar-refractivity contribution in [1.29, 1.82) is 0 Å². The minimum absolute atomic E-state index is 0.228. The van der Waals surface area contributed by atoms with E-state index >= 15 is 0 Å². The Bertz CT molecular complexity index is 1120. The van der Waals surface area contributed by atoms with E-state index in [4.69, 9.17) is 19.4 Å². The molecule has 5 heteroatoms. The molecule has 4 rings (SSSR count). The van der Waals surface area contributed by atoms with Crippen molar-refractivity contribution in [2.24, 2.45) is 0 Å². The van der Waals surface area contributed by atoms with Crippen LogP contribution in [0.4, 0.5) is 5.82 Å². The second kappa shape index (κ2) is 9.87. The molecule has 0 bridgehead atoms. The van der Waals surface area contributed by atoms with Crippen molar-refractivity contribution in [1.82, 2.24) is 9.97 Å².